The van der Waals surface area contributed by atoms with Crippen LogP contribution >= 0.6 is 0 Å². The van der Waals surface area contributed by atoms with E-state index in [0.717, 1.165) is 42.0 Å². The molecule has 1 aliphatic carbocycles. The second-order valence-electron chi connectivity index (χ2n) is 5.92. The van der Waals surface area contributed by atoms with Crippen molar-refractivity contribution in [3.63, 3.8) is 0 Å². The van der Waals surface area contributed by atoms with Gasteiger partial charge in [0.2, 0.25) is 0 Å². The van der Waals surface area contributed by atoms with Gasteiger partial charge in [0.05, 0.1) is 0 Å². The van der Waals surface area contributed by atoms with E-state index in [4.69, 9.17) is 0 Å². The summed E-state index contributed by atoms with van der Waals surface area (Å²) in [5, 5.41) is 6.80. The smallest absolute Gasteiger partial charge is 0.0420 e. The van der Waals surface area contributed by atoms with Crippen molar-refractivity contribution < 1.29 is 0 Å². The Kier molecular flexibility index (Phi) is 5.26. The number of allylic oxidation sites excluding steroid dienone is 4. The Morgan fingerprint density at radius 3 is 2.55 bits per heavy atom. The van der Waals surface area contributed by atoms with Crippen LogP contribution in [0.5, 0.6) is 0 Å². The summed E-state index contributed by atoms with van der Waals surface area (Å²) in [4.78, 5) is 0. The highest BCUT2D eigenvalue weighted by Crippen LogP contribution is 2.27. The van der Waals surface area contributed by atoms with Gasteiger partial charge in [-0.1, -0.05) is 49.9 Å². The maximum atomic E-state index is 4.18. The van der Waals surface area contributed by atoms with Crippen LogP contribution < -0.4 is 10.6 Å². The van der Waals surface area contributed by atoms with Gasteiger partial charge in [0, 0.05) is 23.6 Å². The minimum absolute atomic E-state index is 0.944. The largest absolute Gasteiger partial charge is 0.385 e. The molecule has 0 atom stereocenters. The number of hydrogen-bond donors (Lipinski definition) is 2. The molecule has 1 aliphatic rings. The van der Waals surface area contributed by atoms with E-state index in [1.165, 1.54) is 16.7 Å². The predicted molar refractivity (Wildman–Crippen MR) is 97.7 cm³/mol. The highest BCUT2D eigenvalue weighted by atomic mass is 14.9. The monoisotopic (exact) mass is 294 g/mol. The second kappa shape index (κ2) is 7.17. The van der Waals surface area contributed by atoms with E-state index in [0.29, 0.717) is 0 Å². The lowest BCUT2D eigenvalue weighted by atomic mass is 10.1. The molecule has 0 saturated carbocycles. The maximum absolute atomic E-state index is 4.18. The first kappa shape index (κ1) is 16.2. The molecule has 0 aromatic heterocycles. The van der Waals surface area contributed by atoms with Crippen LogP contribution in [0.4, 0.5) is 5.69 Å². The van der Waals surface area contributed by atoms with Crippen molar-refractivity contribution in [3.05, 3.63) is 71.5 Å². The summed E-state index contributed by atoms with van der Waals surface area (Å²) in [7, 11) is 0. The normalized spacial score (nSPS) is 13.4. The summed E-state index contributed by atoms with van der Waals surface area (Å²) >= 11 is 0. The van der Waals surface area contributed by atoms with E-state index in [2.05, 4.69) is 74.9 Å². The zero-order valence-electron chi connectivity index (χ0n) is 13.9. The van der Waals surface area contributed by atoms with Crippen LogP contribution in [0, 0.1) is 6.92 Å². The lowest BCUT2D eigenvalue weighted by Crippen LogP contribution is -2.12. The molecule has 0 aliphatic heterocycles. The van der Waals surface area contributed by atoms with Crippen LogP contribution in [0.15, 0.2) is 60.4 Å². The number of nitrogens with one attached hydrogen (secondary N) is 2. The van der Waals surface area contributed by atoms with Crippen molar-refractivity contribution in [1.82, 2.24) is 5.32 Å². The van der Waals surface area contributed by atoms with Gasteiger partial charge in [-0.3, -0.25) is 0 Å². The Balaban J connectivity index is 2.10. The van der Waals surface area contributed by atoms with Gasteiger partial charge < -0.3 is 10.6 Å². The Bertz CT molecular complexity index is 648. The highest BCUT2D eigenvalue weighted by molar-refractivity contribution is 5.69. The average Bonchev–Trinajstić information content (AvgIpc) is 2.93. The summed E-state index contributed by atoms with van der Waals surface area (Å²) in [5.41, 5.74) is 7.98. The van der Waals surface area contributed by atoms with Crippen LogP contribution in [0.25, 0.3) is 5.70 Å². The van der Waals surface area contributed by atoms with Gasteiger partial charge in [0.1, 0.15) is 0 Å². The molecule has 0 saturated heterocycles. The molecule has 2 rings (SSSR count). The standard InChI is InChI=1S/C20H26N2/c1-6-11-21-16(4)19-10-8-15(3)20(13-19)22-17(5)18-9-7-14(2)12-18/h7-10,13,21-22H,4-6,11-12H2,1-3H3. The topological polar surface area (TPSA) is 24.1 Å². The van der Waals surface area contributed by atoms with E-state index in [9.17, 15) is 0 Å². The molecule has 116 valence electrons. The molecule has 0 unspecified atom stereocenters. The number of anilines is 1. The van der Waals surface area contributed by atoms with Gasteiger partial charge in [0.15, 0.2) is 0 Å². The first-order valence-corrected chi connectivity index (χ1v) is 7.87. The third-order valence-corrected chi connectivity index (χ3v) is 3.89. The SMILES string of the molecule is C=C(Nc1cc(C(=C)NCCC)ccc1C)C1=CC=C(C)C1. The van der Waals surface area contributed by atoms with Crippen LogP contribution in [-0.4, -0.2) is 6.54 Å². The lowest BCUT2D eigenvalue weighted by molar-refractivity contribution is 0.825. The molecule has 0 spiro atoms. The van der Waals surface area contributed by atoms with Crippen molar-refractivity contribution in [1.29, 1.82) is 0 Å². The summed E-state index contributed by atoms with van der Waals surface area (Å²) in [5.74, 6) is 0. The third kappa shape index (κ3) is 3.91. The summed E-state index contributed by atoms with van der Waals surface area (Å²) in [6.07, 6.45) is 6.37. The molecule has 1 aromatic carbocycles. The molecule has 2 nitrogen and oxygen atoms in total. The first-order chi connectivity index (χ1) is 10.5. The van der Waals surface area contributed by atoms with Crippen molar-refractivity contribution in [3.8, 4) is 0 Å². The number of benzene rings is 1. The van der Waals surface area contributed by atoms with Gasteiger partial charge in [-0.15, -0.1) is 0 Å². The molecule has 2 N–H and O–H groups in total. The van der Waals surface area contributed by atoms with Crippen molar-refractivity contribution >= 4 is 11.4 Å². The van der Waals surface area contributed by atoms with Crippen molar-refractivity contribution in [2.24, 2.45) is 0 Å². The molecule has 2 heteroatoms. The van der Waals surface area contributed by atoms with Crippen LogP contribution in [-0.2, 0) is 0 Å². The Hall–Kier alpha value is -2.22. The molecule has 0 amide bonds. The quantitative estimate of drug-likeness (QED) is 0.725. The molecule has 0 bridgehead atoms. The van der Waals surface area contributed by atoms with Gasteiger partial charge in [-0.05, 0) is 49.5 Å². The van der Waals surface area contributed by atoms with Gasteiger partial charge in [-0.25, -0.2) is 0 Å². The zero-order chi connectivity index (χ0) is 16.1. The molecular weight excluding hydrogens is 268 g/mol. The fourth-order valence-electron chi connectivity index (χ4n) is 2.43. The zero-order valence-corrected chi connectivity index (χ0v) is 13.9. The fourth-order valence-corrected chi connectivity index (χ4v) is 2.43. The molecule has 22 heavy (non-hydrogen) atoms. The molecule has 0 radical (unpaired) electrons. The average molecular weight is 294 g/mol. The van der Waals surface area contributed by atoms with Crippen LogP contribution in [0.1, 0.15) is 37.8 Å². The summed E-state index contributed by atoms with van der Waals surface area (Å²) < 4.78 is 0. The number of rotatable bonds is 7. The summed E-state index contributed by atoms with van der Waals surface area (Å²) in [6, 6.07) is 6.37. The van der Waals surface area contributed by atoms with E-state index >= 15 is 0 Å². The Morgan fingerprint density at radius 2 is 1.91 bits per heavy atom. The minimum atomic E-state index is 0.944. The van der Waals surface area contributed by atoms with Crippen molar-refractivity contribution in [2.45, 2.75) is 33.6 Å². The van der Waals surface area contributed by atoms with Crippen LogP contribution in [0.2, 0.25) is 0 Å². The summed E-state index contributed by atoms with van der Waals surface area (Å²) in [6.45, 7) is 15.6. The Labute approximate surface area is 134 Å². The second-order valence-corrected chi connectivity index (χ2v) is 5.92. The minimum Gasteiger partial charge on any atom is -0.385 e. The molecule has 0 heterocycles. The van der Waals surface area contributed by atoms with Crippen LogP contribution in [0.3, 0.4) is 0 Å². The highest BCUT2D eigenvalue weighted by Gasteiger charge is 2.10. The third-order valence-electron chi connectivity index (χ3n) is 3.89. The fraction of sp³-hybridized carbons (Fsp3) is 0.300. The Morgan fingerprint density at radius 1 is 1.14 bits per heavy atom. The van der Waals surface area contributed by atoms with E-state index in [1.807, 2.05) is 0 Å². The van der Waals surface area contributed by atoms with Crippen molar-refractivity contribution in [2.75, 3.05) is 11.9 Å². The van der Waals surface area contributed by atoms with E-state index in [1.54, 1.807) is 0 Å². The van der Waals surface area contributed by atoms with E-state index in [-0.39, 0.29) is 0 Å². The van der Waals surface area contributed by atoms with Gasteiger partial charge in [0.25, 0.3) is 0 Å². The van der Waals surface area contributed by atoms with Gasteiger partial charge in [-0.2, -0.15) is 0 Å². The number of hydrogen-bond acceptors (Lipinski definition) is 2. The first-order valence-electron chi connectivity index (χ1n) is 7.87. The maximum Gasteiger partial charge on any atom is 0.0420 e. The predicted octanol–water partition coefficient (Wildman–Crippen LogP) is 5.17. The lowest BCUT2D eigenvalue weighted by Gasteiger charge is -2.16. The van der Waals surface area contributed by atoms with E-state index < -0.39 is 0 Å². The molecule has 1 aromatic rings. The molecule has 0 fully saturated rings. The van der Waals surface area contributed by atoms with Gasteiger partial charge >= 0.3 is 0 Å². The number of aryl methyl sites for hydroxylation is 1. The molecular formula is C20H26N2.